The first-order valence-corrected chi connectivity index (χ1v) is 7.00. The molecule has 2 aromatic rings. The Kier molecular flexibility index (Phi) is 4.88. The third-order valence-electron chi connectivity index (χ3n) is 2.64. The molecule has 0 spiro atoms. The molecule has 0 aliphatic rings. The van der Waals surface area contributed by atoms with Gasteiger partial charge in [0.15, 0.2) is 0 Å². The number of rotatable bonds is 3. The van der Waals surface area contributed by atoms with Crippen molar-refractivity contribution in [1.29, 1.82) is 0 Å². The standard InChI is InChI=1S/C15H14N2O2S/c1-11-4-5-14(12(7-11)3-2-6-18)15(19)16-8-13-9-20-10-17-13/h4-5,7,9-10,18H,6,8H2,1H3,(H,16,19). The second-order valence-electron chi connectivity index (χ2n) is 4.17. The highest BCUT2D eigenvalue weighted by molar-refractivity contribution is 7.07. The number of carbonyl (C=O) groups is 1. The highest BCUT2D eigenvalue weighted by Crippen LogP contribution is 2.11. The summed E-state index contributed by atoms with van der Waals surface area (Å²) in [6, 6.07) is 5.44. The van der Waals surface area contributed by atoms with E-state index in [1.54, 1.807) is 11.6 Å². The summed E-state index contributed by atoms with van der Waals surface area (Å²) < 4.78 is 0. The first-order valence-electron chi connectivity index (χ1n) is 6.06. The Morgan fingerprint density at radius 1 is 1.50 bits per heavy atom. The molecule has 0 unspecified atom stereocenters. The topological polar surface area (TPSA) is 62.2 Å². The molecule has 0 fully saturated rings. The fourth-order valence-electron chi connectivity index (χ4n) is 1.69. The number of aromatic nitrogens is 1. The van der Waals surface area contributed by atoms with Crippen LogP contribution in [0.25, 0.3) is 0 Å². The molecule has 2 N–H and O–H groups in total. The number of benzene rings is 1. The van der Waals surface area contributed by atoms with E-state index in [1.165, 1.54) is 11.3 Å². The van der Waals surface area contributed by atoms with Crippen LogP contribution in [0.5, 0.6) is 0 Å². The quantitative estimate of drug-likeness (QED) is 0.845. The van der Waals surface area contributed by atoms with Crippen LogP contribution >= 0.6 is 11.3 Å². The Morgan fingerprint density at radius 2 is 2.35 bits per heavy atom. The van der Waals surface area contributed by atoms with Crippen molar-refractivity contribution >= 4 is 17.2 Å². The van der Waals surface area contributed by atoms with Crippen LogP contribution in [0, 0.1) is 18.8 Å². The van der Waals surface area contributed by atoms with Gasteiger partial charge in [-0.1, -0.05) is 17.9 Å². The first kappa shape index (κ1) is 14.3. The van der Waals surface area contributed by atoms with Crippen LogP contribution in [0.3, 0.4) is 0 Å². The van der Waals surface area contributed by atoms with Gasteiger partial charge < -0.3 is 10.4 Å². The molecule has 5 heteroatoms. The van der Waals surface area contributed by atoms with Crippen molar-refractivity contribution in [3.8, 4) is 11.8 Å². The Hall–Kier alpha value is -2.16. The summed E-state index contributed by atoms with van der Waals surface area (Å²) in [5.74, 6) is 5.18. The van der Waals surface area contributed by atoms with Gasteiger partial charge in [0.25, 0.3) is 5.91 Å². The molecule has 0 aliphatic heterocycles. The van der Waals surface area contributed by atoms with E-state index in [-0.39, 0.29) is 12.5 Å². The highest BCUT2D eigenvalue weighted by atomic mass is 32.1. The molecule has 0 saturated carbocycles. The molecule has 1 heterocycles. The van der Waals surface area contributed by atoms with Crippen molar-refractivity contribution in [1.82, 2.24) is 10.3 Å². The molecule has 1 aromatic heterocycles. The first-order chi connectivity index (χ1) is 9.70. The summed E-state index contributed by atoms with van der Waals surface area (Å²) in [6.45, 7) is 2.10. The fraction of sp³-hybridized carbons (Fsp3) is 0.200. The number of hydrogen-bond acceptors (Lipinski definition) is 4. The maximum absolute atomic E-state index is 12.2. The van der Waals surface area contributed by atoms with Crippen molar-refractivity contribution in [2.75, 3.05) is 6.61 Å². The third-order valence-corrected chi connectivity index (χ3v) is 3.27. The third kappa shape index (κ3) is 3.67. The second kappa shape index (κ2) is 6.85. The van der Waals surface area contributed by atoms with Crippen LogP contribution in [0.2, 0.25) is 0 Å². The Bertz CT molecular complexity index is 654. The van der Waals surface area contributed by atoms with Gasteiger partial charge in [-0.25, -0.2) is 4.98 Å². The van der Waals surface area contributed by atoms with Crippen LogP contribution in [0.4, 0.5) is 0 Å². The average Bonchev–Trinajstić information content (AvgIpc) is 2.96. The number of aliphatic hydroxyl groups excluding tert-OH is 1. The summed E-state index contributed by atoms with van der Waals surface area (Å²) in [4.78, 5) is 16.3. The molecule has 4 nitrogen and oxygen atoms in total. The van der Waals surface area contributed by atoms with Crippen molar-refractivity contribution in [3.63, 3.8) is 0 Å². The lowest BCUT2D eigenvalue weighted by Gasteiger charge is -2.06. The van der Waals surface area contributed by atoms with Crippen LogP contribution in [0.1, 0.15) is 27.2 Å². The van der Waals surface area contributed by atoms with E-state index in [2.05, 4.69) is 22.1 Å². The monoisotopic (exact) mass is 286 g/mol. The van der Waals surface area contributed by atoms with Crippen molar-refractivity contribution < 1.29 is 9.90 Å². The number of amides is 1. The largest absolute Gasteiger partial charge is 0.384 e. The van der Waals surface area contributed by atoms with E-state index >= 15 is 0 Å². The van der Waals surface area contributed by atoms with Gasteiger partial charge >= 0.3 is 0 Å². The minimum absolute atomic E-state index is 0.194. The summed E-state index contributed by atoms with van der Waals surface area (Å²) in [5.41, 5.74) is 4.70. The Labute approximate surface area is 121 Å². The lowest BCUT2D eigenvalue weighted by molar-refractivity contribution is 0.0950. The smallest absolute Gasteiger partial charge is 0.252 e. The van der Waals surface area contributed by atoms with Crippen molar-refractivity contribution in [3.05, 3.63) is 51.5 Å². The maximum Gasteiger partial charge on any atom is 0.252 e. The SMILES string of the molecule is Cc1ccc(C(=O)NCc2cscn2)c(C#CCO)c1. The molecule has 102 valence electrons. The molecule has 0 bridgehead atoms. The van der Waals surface area contributed by atoms with E-state index in [4.69, 9.17) is 5.11 Å². The maximum atomic E-state index is 12.2. The zero-order valence-corrected chi connectivity index (χ0v) is 11.8. The second-order valence-corrected chi connectivity index (χ2v) is 4.89. The molecule has 1 amide bonds. The summed E-state index contributed by atoms with van der Waals surface area (Å²) in [6.07, 6.45) is 0. The van der Waals surface area contributed by atoms with E-state index in [1.807, 2.05) is 24.4 Å². The van der Waals surface area contributed by atoms with Gasteiger partial charge in [0.05, 0.1) is 23.3 Å². The summed E-state index contributed by atoms with van der Waals surface area (Å²) in [7, 11) is 0. The Morgan fingerprint density at radius 3 is 3.05 bits per heavy atom. The number of thiazole rings is 1. The number of aliphatic hydroxyl groups is 1. The normalized spacial score (nSPS) is 9.70. The van der Waals surface area contributed by atoms with E-state index < -0.39 is 0 Å². The van der Waals surface area contributed by atoms with Crippen molar-refractivity contribution in [2.24, 2.45) is 0 Å². The predicted octanol–water partition coefficient (Wildman–Crippen LogP) is 1.73. The minimum atomic E-state index is -0.228. The van der Waals surface area contributed by atoms with Gasteiger partial charge in [-0.2, -0.15) is 0 Å². The zero-order valence-electron chi connectivity index (χ0n) is 11.0. The van der Waals surface area contributed by atoms with E-state index in [0.29, 0.717) is 17.7 Å². The Balaban J connectivity index is 2.16. The van der Waals surface area contributed by atoms with Gasteiger partial charge in [-0.05, 0) is 24.6 Å². The van der Waals surface area contributed by atoms with Crippen LogP contribution in [-0.2, 0) is 6.54 Å². The molecule has 1 aromatic carbocycles. The number of hydrogen-bond donors (Lipinski definition) is 2. The van der Waals surface area contributed by atoms with Gasteiger partial charge in [-0.15, -0.1) is 11.3 Å². The van der Waals surface area contributed by atoms with Gasteiger partial charge in [0.1, 0.15) is 6.61 Å². The highest BCUT2D eigenvalue weighted by Gasteiger charge is 2.10. The number of nitrogens with zero attached hydrogens (tertiary/aromatic N) is 1. The fourth-order valence-corrected chi connectivity index (χ4v) is 2.24. The molecular formula is C15H14N2O2S. The molecule has 0 atom stereocenters. The van der Waals surface area contributed by atoms with E-state index in [0.717, 1.165) is 11.3 Å². The lowest BCUT2D eigenvalue weighted by Crippen LogP contribution is -2.23. The van der Waals surface area contributed by atoms with Crippen LogP contribution in [0.15, 0.2) is 29.1 Å². The molecule has 0 saturated heterocycles. The zero-order chi connectivity index (χ0) is 14.4. The average molecular weight is 286 g/mol. The summed E-state index contributed by atoms with van der Waals surface area (Å²) in [5, 5.41) is 13.5. The van der Waals surface area contributed by atoms with Crippen LogP contribution in [-0.4, -0.2) is 22.6 Å². The van der Waals surface area contributed by atoms with E-state index in [9.17, 15) is 4.79 Å². The van der Waals surface area contributed by atoms with Gasteiger partial charge in [0.2, 0.25) is 0 Å². The van der Waals surface area contributed by atoms with Crippen LogP contribution < -0.4 is 5.32 Å². The molecule has 0 aliphatic carbocycles. The van der Waals surface area contributed by atoms with Crippen molar-refractivity contribution in [2.45, 2.75) is 13.5 Å². The van der Waals surface area contributed by atoms with Gasteiger partial charge in [-0.3, -0.25) is 4.79 Å². The predicted molar refractivity (Wildman–Crippen MR) is 78.4 cm³/mol. The molecule has 2 rings (SSSR count). The number of nitrogens with one attached hydrogen (secondary N) is 1. The number of aryl methyl sites for hydroxylation is 1. The summed E-state index contributed by atoms with van der Waals surface area (Å²) >= 11 is 1.49. The molecule has 0 radical (unpaired) electrons. The minimum Gasteiger partial charge on any atom is -0.384 e. The number of carbonyl (C=O) groups excluding carboxylic acids is 1. The molecule has 20 heavy (non-hydrogen) atoms. The molecular weight excluding hydrogens is 272 g/mol. The van der Waals surface area contributed by atoms with Gasteiger partial charge in [0, 0.05) is 10.9 Å². The lowest BCUT2D eigenvalue weighted by atomic mass is 10.0.